The van der Waals surface area contributed by atoms with Gasteiger partial charge in [0.25, 0.3) is 0 Å². The van der Waals surface area contributed by atoms with Gasteiger partial charge in [0.1, 0.15) is 5.75 Å². The number of carbonyl (C=O) groups excluding carboxylic acids is 1. The van der Waals surface area contributed by atoms with Gasteiger partial charge in [-0.2, -0.15) is 0 Å². The van der Waals surface area contributed by atoms with Gasteiger partial charge in [-0.15, -0.1) is 0 Å². The Hall–Kier alpha value is -1.81. The monoisotopic (exact) mass is 387 g/mol. The van der Waals surface area contributed by atoms with Crippen LogP contribution in [0.3, 0.4) is 0 Å². The Morgan fingerprint density at radius 2 is 2.08 bits per heavy atom. The summed E-state index contributed by atoms with van der Waals surface area (Å²) >= 11 is 3.49. The van der Waals surface area contributed by atoms with Crippen molar-refractivity contribution in [2.45, 2.75) is 39.2 Å². The molecule has 1 amide bonds. The molecule has 1 aliphatic rings. The summed E-state index contributed by atoms with van der Waals surface area (Å²) in [5.74, 6) is 0.955. The standard InChI is InChI=1S/C20H22BrNO2/c1-13-3-4-15(14(2)11-13)5-8-20(23)22-18-9-10-24-19-7-6-16(21)12-17(18)19/h3-4,6-7,11-12,18H,5,8-10H2,1-2H3,(H,22,23). The van der Waals surface area contributed by atoms with Gasteiger partial charge in [-0.3, -0.25) is 4.79 Å². The first-order valence-corrected chi connectivity index (χ1v) is 9.10. The van der Waals surface area contributed by atoms with Crippen LogP contribution in [0.5, 0.6) is 5.75 Å². The summed E-state index contributed by atoms with van der Waals surface area (Å²) in [6.45, 7) is 4.83. The fourth-order valence-corrected chi connectivity index (χ4v) is 3.54. The number of hydrogen-bond donors (Lipinski definition) is 1. The fourth-order valence-electron chi connectivity index (χ4n) is 3.16. The Kier molecular flexibility index (Phi) is 5.24. The number of carbonyl (C=O) groups is 1. The number of nitrogens with one attached hydrogen (secondary N) is 1. The Bertz CT molecular complexity index is 757. The number of ether oxygens (including phenoxy) is 1. The third-order valence-corrected chi connectivity index (χ3v) is 4.96. The quantitative estimate of drug-likeness (QED) is 0.829. The molecule has 0 bridgehead atoms. The van der Waals surface area contributed by atoms with Crippen LogP contribution < -0.4 is 10.1 Å². The molecule has 0 saturated heterocycles. The largest absolute Gasteiger partial charge is 0.493 e. The van der Waals surface area contributed by atoms with Gasteiger partial charge < -0.3 is 10.1 Å². The Morgan fingerprint density at radius 1 is 1.25 bits per heavy atom. The van der Waals surface area contributed by atoms with Gasteiger partial charge in [0.2, 0.25) is 5.91 Å². The third-order valence-electron chi connectivity index (χ3n) is 4.47. The van der Waals surface area contributed by atoms with Gasteiger partial charge in [0.15, 0.2) is 0 Å². The summed E-state index contributed by atoms with van der Waals surface area (Å²) in [7, 11) is 0. The van der Waals surface area contributed by atoms with Crippen molar-refractivity contribution in [3.05, 3.63) is 63.1 Å². The number of hydrogen-bond acceptors (Lipinski definition) is 2. The van der Waals surface area contributed by atoms with Crippen LogP contribution in [0.4, 0.5) is 0 Å². The van der Waals surface area contributed by atoms with Crippen molar-refractivity contribution in [1.82, 2.24) is 5.32 Å². The molecular weight excluding hydrogens is 366 g/mol. The van der Waals surface area contributed by atoms with E-state index in [0.29, 0.717) is 13.0 Å². The lowest BCUT2D eigenvalue weighted by atomic mass is 9.99. The zero-order valence-corrected chi connectivity index (χ0v) is 15.7. The number of halogens is 1. The molecule has 0 radical (unpaired) electrons. The maximum atomic E-state index is 12.4. The molecule has 1 N–H and O–H groups in total. The van der Waals surface area contributed by atoms with Crippen LogP contribution in [0.2, 0.25) is 0 Å². The van der Waals surface area contributed by atoms with E-state index >= 15 is 0 Å². The summed E-state index contributed by atoms with van der Waals surface area (Å²) in [6, 6.07) is 12.4. The van der Waals surface area contributed by atoms with Crippen molar-refractivity contribution in [2.75, 3.05) is 6.61 Å². The fraction of sp³-hybridized carbons (Fsp3) is 0.350. The topological polar surface area (TPSA) is 38.3 Å². The second kappa shape index (κ2) is 7.39. The SMILES string of the molecule is Cc1ccc(CCC(=O)NC2CCOc3ccc(Br)cc32)c(C)c1. The van der Waals surface area contributed by atoms with E-state index in [0.717, 1.165) is 28.6 Å². The lowest BCUT2D eigenvalue weighted by molar-refractivity contribution is -0.122. The van der Waals surface area contributed by atoms with E-state index in [1.54, 1.807) is 0 Å². The lowest BCUT2D eigenvalue weighted by Gasteiger charge is -2.27. The molecule has 1 heterocycles. The lowest BCUT2D eigenvalue weighted by Crippen LogP contribution is -2.32. The minimum absolute atomic E-state index is 0.0258. The predicted octanol–water partition coefficient (Wildman–Crippen LogP) is 4.64. The zero-order chi connectivity index (χ0) is 17.1. The Morgan fingerprint density at radius 3 is 2.88 bits per heavy atom. The first-order chi connectivity index (χ1) is 11.5. The predicted molar refractivity (Wildman–Crippen MR) is 99.4 cm³/mol. The molecule has 0 saturated carbocycles. The zero-order valence-electron chi connectivity index (χ0n) is 14.1. The van der Waals surface area contributed by atoms with Crippen molar-refractivity contribution in [2.24, 2.45) is 0 Å². The van der Waals surface area contributed by atoms with Crippen molar-refractivity contribution in [3.63, 3.8) is 0 Å². The minimum atomic E-state index is 0.0258. The molecule has 1 unspecified atom stereocenters. The van der Waals surface area contributed by atoms with Gasteiger partial charge in [-0.1, -0.05) is 39.7 Å². The molecule has 2 aromatic rings. The first kappa shape index (κ1) is 17.0. The average molecular weight is 388 g/mol. The average Bonchev–Trinajstić information content (AvgIpc) is 2.54. The van der Waals surface area contributed by atoms with Gasteiger partial charge >= 0.3 is 0 Å². The molecule has 2 aromatic carbocycles. The highest BCUT2D eigenvalue weighted by atomic mass is 79.9. The molecule has 0 fully saturated rings. The molecule has 3 nitrogen and oxygen atoms in total. The highest BCUT2D eigenvalue weighted by molar-refractivity contribution is 9.10. The second-order valence-electron chi connectivity index (χ2n) is 6.37. The van der Waals surface area contributed by atoms with Crippen LogP contribution in [0.1, 0.15) is 41.1 Å². The smallest absolute Gasteiger partial charge is 0.220 e. The van der Waals surface area contributed by atoms with Crippen LogP contribution in [0.25, 0.3) is 0 Å². The van der Waals surface area contributed by atoms with Gasteiger partial charge in [-0.05, 0) is 49.6 Å². The van der Waals surface area contributed by atoms with E-state index in [1.807, 2.05) is 18.2 Å². The number of benzene rings is 2. The molecule has 0 aromatic heterocycles. The number of fused-ring (bicyclic) bond motifs is 1. The van der Waals surface area contributed by atoms with E-state index in [1.165, 1.54) is 16.7 Å². The normalized spacial score (nSPS) is 16.2. The van der Waals surface area contributed by atoms with E-state index in [-0.39, 0.29) is 11.9 Å². The highest BCUT2D eigenvalue weighted by Crippen LogP contribution is 2.34. The molecule has 4 heteroatoms. The third kappa shape index (κ3) is 3.99. The van der Waals surface area contributed by atoms with Crippen LogP contribution in [0.15, 0.2) is 40.9 Å². The number of amides is 1. The van der Waals surface area contributed by atoms with Crippen LogP contribution in [-0.4, -0.2) is 12.5 Å². The van der Waals surface area contributed by atoms with Gasteiger partial charge in [-0.25, -0.2) is 0 Å². The summed E-state index contributed by atoms with van der Waals surface area (Å²) in [5, 5.41) is 3.16. The highest BCUT2D eigenvalue weighted by Gasteiger charge is 2.23. The molecule has 24 heavy (non-hydrogen) atoms. The van der Waals surface area contributed by atoms with Crippen LogP contribution in [0, 0.1) is 13.8 Å². The minimum Gasteiger partial charge on any atom is -0.493 e. The van der Waals surface area contributed by atoms with Crippen molar-refractivity contribution >= 4 is 21.8 Å². The summed E-state index contributed by atoms with van der Waals surface area (Å²) in [6.07, 6.45) is 2.08. The summed E-state index contributed by atoms with van der Waals surface area (Å²) < 4.78 is 6.68. The van der Waals surface area contributed by atoms with E-state index in [9.17, 15) is 4.79 Å². The molecule has 1 aliphatic heterocycles. The summed E-state index contributed by atoms with van der Waals surface area (Å²) in [5.41, 5.74) is 4.80. The van der Waals surface area contributed by atoms with E-state index in [4.69, 9.17) is 4.74 Å². The van der Waals surface area contributed by atoms with E-state index < -0.39 is 0 Å². The van der Waals surface area contributed by atoms with Crippen molar-refractivity contribution in [1.29, 1.82) is 0 Å². The maximum Gasteiger partial charge on any atom is 0.220 e. The number of rotatable bonds is 4. The Labute approximate surface area is 151 Å². The van der Waals surface area contributed by atoms with Crippen LogP contribution >= 0.6 is 15.9 Å². The molecular formula is C20H22BrNO2. The number of aryl methyl sites for hydroxylation is 3. The Balaban J connectivity index is 1.63. The van der Waals surface area contributed by atoms with Crippen molar-refractivity contribution in [3.8, 4) is 5.75 Å². The second-order valence-corrected chi connectivity index (χ2v) is 7.28. The molecule has 1 atom stereocenters. The molecule has 0 spiro atoms. The molecule has 126 valence electrons. The molecule has 0 aliphatic carbocycles. The maximum absolute atomic E-state index is 12.4. The van der Waals surface area contributed by atoms with Crippen molar-refractivity contribution < 1.29 is 9.53 Å². The first-order valence-electron chi connectivity index (χ1n) is 8.30. The summed E-state index contributed by atoms with van der Waals surface area (Å²) in [4.78, 5) is 12.4. The van der Waals surface area contributed by atoms with Crippen LogP contribution in [-0.2, 0) is 11.2 Å². The van der Waals surface area contributed by atoms with Gasteiger partial charge in [0.05, 0.1) is 12.6 Å². The van der Waals surface area contributed by atoms with Gasteiger partial charge in [0, 0.05) is 22.9 Å². The van der Waals surface area contributed by atoms with E-state index in [2.05, 4.69) is 53.3 Å². The molecule has 3 rings (SSSR count).